The average molecular weight is 316 g/mol. The highest BCUT2D eigenvalue weighted by Crippen LogP contribution is 2.23. The Balaban J connectivity index is 2.03. The van der Waals surface area contributed by atoms with Crippen molar-refractivity contribution in [1.29, 1.82) is 0 Å². The molecule has 1 heterocycles. The lowest BCUT2D eigenvalue weighted by Gasteiger charge is -2.36. The van der Waals surface area contributed by atoms with Gasteiger partial charge in [0.2, 0.25) is 11.8 Å². The number of likely N-dealkylation sites (tertiary alicyclic amines) is 1. The van der Waals surface area contributed by atoms with E-state index in [4.69, 9.17) is 5.73 Å². The van der Waals surface area contributed by atoms with Crippen LogP contribution in [0, 0.1) is 17.5 Å². The monoisotopic (exact) mass is 316 g/mol. The Hall–Kier alpha value is -2.09. The van der Waals surface area contributed by atoms with Gasteiger partial charge >= 0.3 is 0 Å². The lowest BCUT2D eigenvalue weighted by atomic mass is 9.90. The molecule has 120 valence electrons. The summed E-state index contributed by atoms with van der Waals surface area (Å²) in [6, 6.07) is 1.03. The topological polar surface area (TPSA) is 83.6 Å². The summed E-state index contributed by atoms with van der Waals surface area (Å²) in [5, 5.41) is 9.89. The lowest BCUT2D eigenvalue weighted by molar-refractivity contribution is -0.146. The Morgan fingerprint density at radius 2 is 1.68 bits per heavy atom. The van der Waals surface area contributed by atoms with Crippen molar-refractivity contribution in [2.24, 2.45) is 5.73 Å². The number of benzene rings is 1. The van der Waals surface area contributed by atoms with Crippen molar-refractivity contribution in [3.63, 3.8) is 0 Å². The molecule has 0 saturated carbocycles. The number of halogens is 3. The molecule has 0 radical (unpaired) electrons. The van der Waals surface area contributed by atoms with Gasteiger partial charge in [-0.05, 0) is 6.07 Å². The molecule has 5 nitrogen and oxygen atoms in total. The van der Waals surface area contributed by atoms with Crippen LogP contribution in [0.3, 0.4) is 0 Å². The highest BCUT2D eigenvalue weighted by atomic mass is 19.2. The Morgan fingerprint density at radius 3 is 2.23 bits per heavy atom. The van der Waals surface area contributed by atoms with Crippen LogP contribution in [0.2, 0.25) is 0 Å². The van der Waals surface area contributed by atoms with Crippen molar-refractivity contribution in [2.45, 2.75) is 24.9 Å². The minimum atomic E-state index is -1.65. The van der Waals surface area contributed by atoms with Crippen molar-refractivity contribution in [1.82, 2.24) is 4.90 Å². The van der Waals surface area contributed by atoms with E-state index in [9.17, 15) is 27.9 Å². The molecule has 1 aromatic rings. The van der Waals surface area contributed by atoms with Gasteiger partial charge in [0.25, 0.3) is 0 Å². The predicted molar refractivity (Wildman–Crippen MR) is 70.0 cm³/mol. The molecule has 2 rings (SSSR count). The van der Waals surface area contributed by atoms with E-state index >= 15 is 0 Å². The van der Waals surface area contributed by atoms with Gasteiger partial charge in [0.1, 0.15) is 11.4 Å². The first-order chi connectivity index (χ1) is 10.2. The van der Waals surface area contributed by atoms with Crippen LogP contribution >= 0.6 is 0 Å². The molecule has 1 saturated heterocycles. The normalized spacial score (nSPS) is 17.4. The fraction of sp³-hybridized carbons (Fsp3) is 0.429. The van der Waals surface area contributed by atoms with Crippen LogP contribution < -0.4 is 5.73 Å². The Labute approximate surface area is 124 Å². The Bertz CT molecular complexity index is 614. The van der Waals surface area contributed by atoms with Crippen LogP contribution in [0.15, 0.2) is 12.1 Å². The van der Waals surface area contributed by atoms with Crippen LogP contribution in [0.1, 0.15) is 18.4 Å². The number of nitrogens with zero attached hydrogens (tertiary/aromatic N) is 1. The summed E-state index contributed by atoms with van der Waals surface area (Å²) < 4.78 is 39.4. The number of nitrogens with two attached hydrogens (primary N) is 1. The van der Waals surface area contributed by atoms with Gasteiger partial charge < -0.3 is 15.7 Å². The quantitative estimate of drug-likeness (QED) is 0.796. The summed E-state index contributed by atoms with van der Waals surface area (Å²) in [7, 11) is 0. The number of primary amides is 1. The third-order valence-corrected chi connectivity index (χ3v) is 3.83. The van der Waals surface area contributed by atoms with Gasteiger partial charge in [-0.15, -0.1) is 0 Å². The number of carbonyl (C=O) groups excluding carboxylic acids is 2. The van der Waals surface area contributed by atoms with E-state index < -0.39 is 41.3 Å². The second-order valence-corrected chi connectivity index (χ2v) is 5.31. The Morgan fingerprint density at radius 1 is 1.14 bits per heavy atom. The molecule has 1 aliphatic rings. The molecule has 0 aliphatic carbocycles. The molecule has 22 heavy (non-hydrogen) atoms. The zero-order valence-electron chi connectivity index (χ0n) is 11.6. The summed E-state index contributed by atoms with van der Waals surface area (Å²) in [5.41, 5.74) is 3.18. The third-order valence-electron chi connectivity index (χ3n) is 3.83. The molecule has 2 amide bonds. The van der Waals surface area contributed by atoms with Crippen molar-refractivity contribution in [2.75, 3.05) is 13.1 Å². The molecular formula is C14H15F3N2O3. The fourth-order valence-electron chi connectivity index (χ4n) is 2.35. The first-order valence-electron chi connectivity index (χ1n) is 6.66. The van der Waals surface area contributed by atoms with Crippen molar-refractivity contribution in [3.8, 4) is 0 Å². The molecule has 8 heteroatoms. The maximum absolute atomic E-state index is 13.5. The van der Waals surface area contributed by atoms with E-state index in [1.807, 2.05) is 0 Å². The standard InChI is InChI=1S/C14H15F3N2O3/c15-9-7-11(17)10(16)5-8(9)6-12(20)19-3-1-14(22,2-4-19)13(18)21/h5,7,22H,1-4,6H2,(H2,18,21). The lowest BCUT2D eigenvalue weighted by Crippen LogP contribution is -2.53. The summed E-state index contributed by atoms with van der Waals surface area (Å²) in [6.07, 6.45) is -0.472. The number of carbonyl (C=O) groups is 2. The molecule has 1 aliphatic heterocycles. The van der Waals surface area contributed by atoms with E-state index in [0.29, 0.717) is 12.1 Å². The molecule has 1 aromatic carbocycles. The number of rotatable bonds is 3. The van der Waals surface area contributed by atoms with Gasteiger partial charge in [0, 0.05) is 37.6 Å². The SMILES string of the molecule is NC(=O)C1(O)CCN(C(=O)Cc2cc(F)c(F)cc2F)CC1. The van der Waals surface area contributed by atoms with E-state index in [-0.39, 0.29) is 31.5 Å². The highest BCUT2D eigenvalue weighted by Gasteiger charge is 2.38. The number of aliphatic hydroxyl groups is 1. The average Bonchev–Trinajstić information content (AvgIpc) is 2.45. The second-order valence-electron chi connectivity index (χ2n) is 5.31. The van der Waals surface area contributed by atoms with Gasteiger partial charge in [-0.3, -0.25) is 9.59 Å². The van der Waals surface area contributed by atoms with E-state index in [1.54, 1.807) is 0 Å². The second kappa shape index (κ2) is 5.96. The van der Waals surface area contributed by atoms with Gasteiger partial charge in [0.05, 0.1) is 6.42 Å². The van der Waals surface area contributed by atoms with Crippen LogP contribution in [0.25, 0.3) is 0 Å². The summed E-state index contributed by atoms with van der Waals surface area (Å²) >= 11 is 0. The third kappa shape index (κ3) is 3.22. The zero-order valence-corrected chi connectivity index (χ0v) is 11.6. The van der Waals surface area contributed by atoms with Crippen LogP contribution in [0.5, 0.6) is 0 Å². The van der Waals surface area contributed by atoms with Crippen LogP contribution in [-0.4, -0.2) is 40.5 Å². The van der Waals surface area contributed by atoms with Gasteiger partial charge in [0.15, 0.2) is 11.6 Å². The number of hydrogen-bond donors (Lipinski definition) is 2. The maximum atomic E-state index is 13.5. The summed E-state index contributed by atoms with van der Waals surface area (Å²) in [6.45, 7) is 0.146. The smallest absolute Gasteiger partial charge is 0.249 e. The maximum Gasteiger partial charge on any atom is 0.249 e. The molecule has 0 unspecified atom stereocenters. The minimum absolute atomic E-state index is 0.0195. The van der Waals surface area contributed by atoms with Gasteiger partial charge in [-0.2, -0.15) is 0 Å². The van der Waals surface area contributed by atoms with E-state index in [1.165, 1.54) is 4.90 Å². The first kappa shape index (κ1) is 16.3. The molecule has 0 bridgehead atoms. The number of amides is 2. The van der Waals surface area contributed by atoms with Gasteiger partial charge in [-0.25, -0.2) is 13.2 Å². The van der Waals surface area contributed by atoms with Crippen molar-refractivity contribution in [3.05, 3.63) is 35.1 Å². The fourth-order valence-corrected chi connectivity index (χ4v) is 2.35. The van der Waals surface area contributed by atoms with E-state index in [0.717, 1.165) is 0 Å². The zero-order chi connectivity index (χ0) is 16.5. The van der Waals surface area contributed by atoms with Crippen LogP contribution in [0.4, 0.5) is 13.2 Å². The van der Waals surface area contributed by atoms with Crippen molar-refractivity contribution < 1.29 is 27.9 Å². The Kier molecular flexibility index (Phi) is 4.41. The molecule has 0 atom stereocenters. The molecule has 0 spiro atoms. The molecule has 1 fully saturated rings. The van der Waals surface area contributed by atoms with E-state index in [2.05, 4.69) is 0 Å². The summed E-state index contributed by atoms with van der Waals surface area (Å²) in [4.78, 5) is 24.5. The molecule has 0 aromatic heterocycles. The summed E-state index contributed by atoms with van der Waals surface area (Å²) in [5.74, 6) is -4.91. The highest BCUT2D eigenvalue weighted by molar-refractivity contribution is 5.84. The van der Waals surface area contributed by atoms with Crippen LogP contribution in [-0.2, 0) is 16.0 Å². The van der Waals surface area contributed by atoms with Crippen molar-refractivity contribution >= 4 is 11.8 Å². The molecular weight excluding hydrogens is 301 g/mol. The largest absolute Gasteiger partial charge is 0.380 e. The minimum Gasteiger partial charge on any atom is -0.380 e. The molecule has 3 N–H and O–H groups in total. The number of piperidine rings is 1. The predicted octanol–water partition coefficient (Wildman–Crippen LogP) is 0.485. The first-order valence-corrected chi connectivity index (χ1v) is 6.66. The van der Waals surface area contributed by atoms with Gasteiger partial charge in [-0.1, -0.05) is 0 Å². The number of hydrogen-bond acceptors (Lipinski definition) is 3.